The Bertz CT molecular complexity index is 2650. The van der Waals surface area contributed by atoms with Gasteiger partial charge >= 0.3 is 0 Å². The van der Waals surface area contributed by atoms with E-state index in [1.807, 2.05) is 20.8 Å². The van der Waals surface area contributed by atoms with E-state index in [2.05, 4.69) is 143 Å². The number of hydrogen-bond donors (Lipinski definition) is 0. The summed E-state index contributed by atoms with van der Waals surface area (Å²) in [5, 5.41) is 6.94. The van der Waals surface area contributed by atoms with E-state index in [1.165, 1.54) is 43.9 Å². The number of para-hydroxylation sites is 2. The zero-order valence-corrected chi connectivity index (χ0v) is 31.6. The van der Waals surface area contributed by atoms with Crippen molar-refractivity contribution in [2.24, 2.45) is 5.41 Å². The molecule has 0 aliphatic heterocycles. The van der Waals surface area contributed by atoms with Crippen LogP contribution in [0, 0.1) is 5.41 Å². The fourth-order valence-corrected chi connectivity index (χ4v) is 8.93. The Hall–Kier alpha value is -4.47. The molecule has 252 valence electrons. The van der Waals surface area contributed by atoms with E-state index < -0.39 is 11.8 Å². The first-order valence-electron chi connectivity index (χ1n) is 19.1. The Labute approximate surface area is 303 Å². The van der Waals surface area contributed by atoms with Gasteiger partial charge in [0.15, 0.2) is 0 Å². The van der Waals surface area contributed by atoms with Crippen molar-refractivity contribution in [3.63, 3.8) is 0 Å². The Kier molecular flexibility index (Phi) is 7.34. The number of hydrogen-bond acceptors (Lipinski definition) is 2. The molecule has 8 rings (SSSR count). The summed E-state index contributed by atoms with van der Waals surface area (Å²) in [6.45, 7) is 19.8. The van der Waals surface area contributed by atoms with Crippen LogP contribution in [-0.4, -0.2) is 9.55 Å². The van der Waals surface area contributed by atoms with E-state index in [0.717, 1.165) is 48.2 Å². The van der Waals surface area contributed by atoms with Crippen molar-refractivity contribution >= 4 is 64.1 Å². The minimum absolute atomic E-state index is 0.299. The monoisotopic (exact) mass is 674 g/mol. The Morgan fingerprint density at radius 1 is 0.700 bits per heavy atom. The van der Waals surface area contributed by atoms with Crippen LogP contribution >= 0.6 is 11.3 Å². The normalized spacial score (nSPS) is 13.6. The molecule has 0 saturated carbocycles. The number of thiophene rings is 1. The summed E-state index contributed by atoms with van der Waals surface area (Å²) in [5.74, 6) is 1.91. The van der Waals surface area contributed by atoms with Crippen molar-refractivity contribution in [2.75, 3.05) is 0 Å². The molecule has 0 aliphatic carbocycles. The third kappa shape index (κ3) is 5.42. The fourth-order valence-electron chi connectivity index (χ4n) is 7.67. The molecular formula is C47H48N2S. The van der Waals surface area contributed by atoms with Gasteiger partial charge < -0.3 is 0 Å². The Morgan fingerprint density at radius 3 is 2.08 bits per heavy atom. The number of imidazole rings is 1. The predicted octanol–water partition coefficient (Wildman–Crippen LogP) is 14.3. The topological polar surface area (TPSA) is 17.8 Å². The van der Waals surface area contributed by atoms with E-state index in [4.69, 9.17) is 4.98 Å². The average molecular weight is 675 g/mol. The second kappa shape index (κ2) is 12.1. The molecule has 3 heteroatoms. The molecule has 2 heterocycles. The highest BCUT2D eigenvalue weighted by Gasteiger charge is 2.26. The largest absolute Gasteiger partial charge is 0.292 e. The van der Waals surface area contributed by atoms with Gasteiger partial charge in [-0.15, -0.1) is 11.3 Å². The number of benzene rings is 6. The van der Waals surface area contributed by atoms with Gasteiger partial charge in [0.25, 0.3) is 0 Å². The first-order valence-corrected chi connectivity index (χ1v) is 19.0. The molecule has 0 fully saturated rings. The van der Waals surface area contributed by atoms with Gasteiger partial charge in [0.1, 0.15) is 5.82 Å². The van der Waals surface area contributed by atoms with Crippen LogP contribution in [0.4, 0.5) is 0 Å². The Balaban J connectivity index is 1.53. The first-order chi connectivity index (χ1) is 24.7. The highest BCUT2D eigenvalue weighted by Crippen LogP contribution is 2.47. The molecule has 0 amide bonds. The van der Waals surface area contributed by atoms with Gasteiger partial charge in [-0.1, -0.05) is 129 Å². The molecule has 50 heavy (non-hydrogen) atoms. The number of aromatic nitrogens is 2. The molecule has 0 spiro atoms. The molecule has 6 aromatic carbocycles. The van der Waals surface area contributed by atoms with E-state index in [9.17, 15) is 2.74 Å². The summed E-state index contributed by atoms with van der Waals surface area (Å²) < 4.78 is 23.8. The van der Waals surface area contributed by atoms with Crippen molar-refractivity contribution in [2.45, 2.75) is 86.4 Å². The summed E-state index contributed by atoms with van der Waals surface area (Å²) >= 11 is 1.77. The lowest BCUT2D eigenvalue weighted by Crippen LogP contribution is -2.11. The van der Waals surface area contributed by atoms with E-state index in [1.54, 1.807) is 11.3 Å². The van der Waals surface area contributed by atoms with Gasteiger partial charge in [-0.2, -0.15) is 0 Å². The summed E-state index contributed by atoms with van der Waals surface area (Å²) in [7, 11) is 0. The van der Waals surface area contributed by atoms with Crippen molar-refractivity contribution < 1.29 is 2.74 Å². The van der Waals surface area contributed by atoms with Gasteiger partial charge in [0.05, 0.1) is 16.7 Å². The Morgan fingerprint density at radius 2 is 1.38 bits per heavy atom. The summed E-state index contributed by atoms with van der Waals surface area (Å²) in [6, 6.07) is 35.2. The van der Waals surface area contributed by atoms with Crippen LogP contribution in [0.5, 0.6) is 0 Å². The predicted molar refractivity (Wildman–Crippen MR) is 220 cm³/mol. The lowest BCUT2D eigenvalue weighted by molar-refractivity contribution is 0.413. The first kappa shape index (κ1) is 30.4. The van der Waals surface area contributed by atoms with Gasteiger partial charge in [-0.3, -0.25) is 4.57 Å². The zero-order chi connectivity index (χ0) is 36.9. The molecular weight excluding hydrogens is 625 g/mol. The maximum Gasteiger partial charge on any atom is 0.147 e. The maximum absolute atomic E-state index is 9.58. The van der Waals surface area contributed by atoms with Crippen LogP contribution in [-0.2, 0) is 6.37 Å². The van der Waals surface area contributed by atoms with E-state index in [0.29, 0.717) is 17.8 Å². The zero-order valence-electron chi connectivity index (χ0n) is 32.8. The second-order valence-electron chi connectivity index (χ2n) is 16.0. The van der Waals surface area contributed by atoms with Gasteiger partial charge in [0.2, 0.25) is 0 Å². The molecule has 0 radical (unpaired) electrons. The summed E-state index contributed by atoms with van der Waals surface area (Å²) in [4.78, 5) is 5.45. The molecule has 0 unspecified atom stereocenters. The lowest BCUT2D eigenvalue weighted by atomic mass is 9.85. The summed E-state index contributed by atoms with van der Waals surface area (Å²) in [6.07, 6.45) is -1.58. The standard InChI is InChI=1S/C47H48N2S/c1-27(2)33-23-36(28(3)4)44(37(24-33)29(5)6)49-41-17-13-12-16-40(41)48-46(49)35-21-20-32(26-47(7,8)9)43-39-22-31-19-18-30-14-10-11-15-34(30)38(31)25-42(39)50-45(35)43/h10-25,27-29H,26H2,1-9H3/i26D2. The second-order valence-corrected chi connectivity index (χ2v) is 17.0. The third-order valence-electron chi connectivity index (χ3n) is 10.1. The minimum atomic E-state index is -1.58. The SMILES string of the molecule is [2H]C([2H])(c1ccc(-c2nc3ccccc3n2-c2c(C(C)C)cc(C(C)C)cc2C(C)C)c2sc3cc4c(ccc5ccccc54)cc3c12)C(C)(C)C. The highest BCUT2D eigenvalue weighted by atomic mass is 32.1. The minimum Gasteiger partial charge on any atom is -0.292 e. The quantitative estimate of drug-likeness (QED) is 0.161. The van der Waals surface area contributed by atoms with Gasteiger partial charge in [-0.25, -0.2) is 4.98 Å². The van der Waals surface area contributed by atoms with Crippen molar-refractivity contribution in [1.29, 1.82) is 0 Å². The highest BCUT2D eigenvalue weighted by molar-refractivity contribution is 7.26. The lowest BCUT2D eigenvalue weighted by Gasteiger charge is -2.25. The van der Waals surface area contributed by atoms with Gasteiger partial charge in [-0.05, 0) is 104 Å². The molecule has 0 bridgehead atoms. The molecule has 2 aromatic heterocycles. The smallest absolute Gasteiger partial charge is 0.147 e. The van der Waals surface area contributed by atoms with Crippen molar-refractivity contribution in [3.05, 3.63) is 119 Å². The van der Waals surface area contributed by atoms with Crippen molar-refractivity contribution in [1.82, 2.24) is 9.55 Å². The van der Waals surface area contributed by atoms with Crippen LogP contribution < -0.4 is 0 Å². The van der Waals surface area contributed by atoms with Gasteiger partial charge in [0, 0.05) is 28.5 Å². The molecule has 0 N–H and O–H groups in total. The number of fused-ring (bicyclic) bond motifs is 7. The third-order valence-corrected chi connectivity index (χ3v) is 11.3. The number of nitrogens with zero attached hydrogens (tertiary/aromatic N) is 2. The summed E-state index contributed by atoms with van der Waals surface area (Å²) in [5.41, 5.74) is 8.42. The van der Waals surface area contributed by atoms with Crippen LogP contribution in [0.3, 0.4) is 0 Å². The molecule has 8 aromatic rings. The van der Waals surface area contributed by atoms with E-state index >= 15 is 0 Å². The van der Waals surface area contributed by atoms with Crippen LogP contribution in [0.1, 0.15) is 105 Å². The van der Waals surface area contributed by atoms with Crippen LogP contribution in [0.15, 0.2) is 97.1 Å². The number of rotatable bonds is 6. The van der Waals surface area contributed by atoms with Crippen LogP contribution in [0.25, 0.3) is 69.8 Å². The van der Waals surface area contributed by atoms with E-state index in [-0.39, 0.29) is 0 Å². The van der Waals surface area contributed by atoms with Crippen molar-refractivity contribution in [3.8, 4) is 17.1 Å². The molecule has 0 atom stereocenters. The average Bonchev–Trinajstić information content (AvgIpc) is 3.67. The fraction of sp³-hybridized carbons (Fsp3) is 0.298. The molecule has 0 aliphatic rings. The maximum atomic E-state index is 9.58. The molecule has 0 saturated heterocycles. The molecule has 2 nitrogen and oxygen atoms in total. The van der Waals surface area contributed by atoms with Crippen LogP contribution in [0.2, 0.25) is 0 Å².